The van der Waals surface area contributed by atoms with Crippen LogP contribution in [0.3, 0.4) is 0 Å². The monoisotopic (exact) mass is 409 g/mol. The Morgan fingerprint density at radius 1 is 1.39 bits per heavy atom. The summed E-state index contributed by atoms with van der Waals surface area (Å²) in [5, 5.41) is -0.0252. The molecule has 2 atom stereocenters. The van der Waals surface area contributed by atoms with Crippen LogP contribution in [0.4, 0.5) is 5.82 Å². The van der Waals surface area contributed by atoms with Gasteiger partial charge in [0.25, 0.3) is 0 Å². The molecule has 28 heavy (non-hydrogen) atoms. The first kappa shape index (κ1) is 22.2. The largest absolute Gasteiger partial charge is 0.468 e. The fraction of sp³-hybridized carbons (Fsp3) is 0.632. The van der Waals surface area contributed by atoms with Crippen LogP contribution in [-0.2, 0) is 18.7 Å². The lowest BCUT2D eigenvalue weighted by Gasteiger charge is -2.39. The van der Waals surface area contributed by atoms with Crippen LogP contribution in [0.2, 0.25) is 18.1 Å². The molecule has 0 saturated heterocycles. The fourth-order valence-electron chi connectivity index (χ4n) is 2.36. The minimum absolute atomic E-state index is 0.0119. The number of aromatic nitrogens is 2. The zero-order valence-electron chi connectivity index (χ0n) is 17.7. The van der Waals surface area contributed by atoms with Crippen LogP contribution in [0.15, 0.2) is 28.9 Å². The van der Waals surface area contributed by atoms with Crippen molar-refractivity contribution in [1.82, 2.24) is 9.55 Å². The Bertz CT molecular complexity index is 811. The molecule has 0 aromatic carbocycles. The van der Waals surface area contributed by atoms with Gasteiger partial charge in [-0.2, -0.15) is 4.98 Å². The van der Waals surface area contributed by atoms with Crippen LogP contribution in [0.25, 0.3) is 0 Å². The smallest absolute Gasteiger partial charge is 0.352 e. The van der Waals surface area contributed by atoms with E-state index in [0.717, 1.165) is 0 Å². The highest BCUT2D eigenvalue weighted by Crippen LogP contribution is 2.40. The predicted octanol–water partition coefficient (Wildman–Crippen LogP) is 2.83. The van der Waals surface area contributed by atoms with E-state index in [1.165, 1.54) is 16.8 Å². The maximum Gasteiger partial charge on any atom is 0.352 e. The van der Waals surface area contributed by atoms with Gasteiger partial charge < -0.3 is 19.6 Å². The number of hydrogen-bond donors (Lipinski definition) is 1. The minimum atomic E-state index is -2.16. The average molecular weight is 410 g/mol. The van der Waals surface area contributed by atoms with Crippen molar-refractivity contribution in [1.29, 1.82) is 0 Å². The fourth-order valence-corrected chi connectivity index (χ4v) is 3.58. The number of anilines is 1. The van der Waals surface area contributed by atoms with E-state index in [2.05, 4.69) is 38.8 Å². The van der Waals surface area contributed by atoms with E-state index < -0.39 is 26.3 Å². The first-order valence-corrected chi connectivity index (χ1v) is 12.3. The third-order valence-electron chi connectivity index (χ3n) is 5.09. The summed E-state index contributed by atoms with van der Waals surface area (Å²) in [5.41, 5.74) is 5.07. The first-order chi connectivity index (χ1) is 12.8. The summed E-state index contributed by atoms with van der Waals surface area (Å²) >= 11 is 0. The Kier molecular flexibility index (Phi) is 6.40. The number of nitrogen functional groups attached to an aromatic ring is 1. The van der Waals surface area contributed by atoms with Gasteiger partial charge in [-0.15, -0.1) is 0 Å². The van der Waals surface area contributed by atoms with E-state index in [0.29, 0.717) is 5.76 Å². The SMILES string of the molecule is CC(C)C(=O)OCC1=CC(O[Si](C)(C)C(C)(C)C)[C@H](n2ccc(N)nc2=O)O1. The van der Waals surface area contributed by atoms with Crippen LogP contribution >= 0.6 is 0 Å². The van der Waals surface area contributed by atoms with E-state index in [9.17, 15) is 9.59 Å². The van der Waals surface area contributed by atoms with E-state index in [4.69, 9.17) is 19.6 Å². The lowest BCUT2D eigenvalue weighted by atomic mass is 10.2. The minimum Gasteiger partial charge on any atom is -0.468 e. The van der Waals surface area contributed by atoms with Gasteiger partial charge in [-0.1, -0.05) is 34.6 Å². The van der Waals surface area contributed by atoms with Crippen molar-refractivity contribution in [3.05, 3.63) is 34.6 Å². The molecule has 1 unspecified atom stereocenters. The molecule has 2 heterocycles. The van der Waals surface area contributed by atoms with Crippen molar-refractivity contribution in [3.63, 3.8) is 0 Å². The number of hydrogen-bond acceptors (Lipinski definition) is 7. The topological polar surface area (TPSA) is 106 Å². The first-order valence-electron chi connectivity index (χ1n) is 9.38. The molecule has 156 valence electrons. The summed E-state index contributed by atoms with van der Waals surface area (Å²) in [5.74, 6) is 0.0359. The van der Waals surface area contributed by atoms with Crippen LogP contribution in [0, 0.1) is 5.92 Å². The molecule has 0 aliphatic carbocycles. The van der Waals surface area contributed by atoms with Gasteiger partial charge in [0, 0.05) is 6.20 Å². The number of esters is 1. The molecule has 2 rings (SSSR count). The van der Waals surface area contributed by atoms with Crippen LogP contribution < -0.4 is 11.4 Å². The lowest BCUT2D eigenvalue weighted by Crippen LogP contribution is -2.46. The normalized spacial score (nSPS) is 20.1. The third-order valence-corrected chi connectivity index (χ3v) is 9.57. The molecule has 0 saturated carbocycles. The van der Waals surface area contributed by atoms with E-state index >= 15 is 0 Å². The maximum atomic E-state index is 12.3. The maximum absolute atomic E-state index is 12.3. The number of nitrogens with two attached hydrogens (primary N) is 1. The second-order valence-corrected chi connectivity index (χ2v) is 13.5. The summed E-state index contributed by atoms with van der Waals surface area (Å²) in [4.78, 5) is 27.9. The number of carbonyl (C=O) groups is 1. The molecule has 0 radical (unpaired) electrons. The van der Waals surface area contributed by atoms with Crippen molar-refractivity contribution in [2.75, 3.05) is 12.3 Å². The molecular weight excluding hydrogens is 378 g/mol. The van der Waals surface area contributed by atoms with Gasteiger partial charge in [-0.05, 0) is 30.3 Å². The molecule has 1 aromatic heterocycles. The molecular formula is C19H31N3O5Si. The Balaban J connectivity index is 2.29. The summed E-state index contributed by atoms with van der Waals surface area (Å²) in [6.45, 7) is 14.2. The van der Waals surface area contributed by atoms with Gasteiger partial charge in [0.15, 0.2) is 8.32 Å². The second kappa shape index (κ2) is 8.08. The highest BCUT2D eigenvalue weighted by Gasteiger charge is 2.43. The van der Waals surface area contributed by atoms with Crippen molar-refractivity contribution in [3.8, 4) is 0 Å². The molecule has 9 heteroatoms. The molecule has 0 spiro atoms. The zero-order chi connectivity index (χ0) is 21.3. The molecule has 0 bridgehead atoms. The molecule has 8 nitrogen and oxygen atoms in total. The molecule has 1 aromatic rings. The van der Waals surface area contributed by atoms with Crippen molar-refractivity contribution in [2.24, 2.45) is 5.92 Å². The zero-order valence-corrected chi connectivity index (χ0v) is 18.7. The van der Waals surface area contributed by atoms with Crippen LogP contribution in [0.5, 0.6) is 0 Å². The van der Waals surface area contributed by atoms with Gasteiger partial charge in [0.1, 0.15) is 24.3 Å². The average Bonchev–Trinajstić information content (AvgIpc) is 2.93. The van der Waals surface area contributed by atoms with E-state index in [1.54, 1.807) is 19.9 Å². The Labute approximate surface area is 166 Å². The molecule has 0 amide bonds. The summed E-state index contributed by atoms with van der Waals surface area (Å²) < 4.78 is 19.0. The number of rotatable bonds is 6. The number of carbonyl (C=O) groups excluding carboxylic acids is 1. The number of ether oxygens (including phenoxy) is 2. The predicted molar refractivity (Wildman–Crippen MR) is 109 cm³/mol. The quantitative estimate of drug-likeness (QED) is 0.569. The molecule has 1 aliphatic heterocycles. The van der Waals surface area contributed by atoms with Gasteiger partial charge >= 0.3 is 11.7 Å². The molecule has 0 fully saturated rings. The van der Waals surface area contributed by atoms with Gasteiger partial charge in [-0.3, -0.25) is 9.36 Å². The van der Waals surface area contributed by atoms with Gasteiger partial charge in [-0.25, -0.2) is 4.79 Å². The van der Waals surface area contributed by atoms with Crippen molar-refractivity contribution in [2.45, 2.75) is 65.1 Å². The Morgan fingerprint density at radius 3 is 2.57 bits per heavy atom. The number of nitrogens with zero attached hydrogens (tertiary/aromatic N) is 2. The Morgan fingerprint density at radius 2 is 2.04 bits per heavy atom. The van der Waals surface area contributed by atoms with E-state index in [1.807, 2.05) is 0 Å². The lowest BCUT2D eigenvalue weighted by molar-refractivity contribution is -0.147. The summed E-state index contributed by atoms with van der Waals surface area (Å²) in [7, 11) is -2.16. The van der Waals surface area contributed by atoms with Gasteiger partial charge in [0.05, 0.1) is 5.92 Å². The third kappa shape index (κ3) is 5.02. The Hall–Kier alpha value is -2.13. The second-order valence-electron chi connectivity index (χ2n) is 8.79. The highest BCUT2D eigenvalue weighted by atomic mass is 28.4. The van der Waals surface area contributed by atoms with Crippen LogP contribution in [0.1, 0.15) is 40.8 Å². The van der Waals surface area contributed by atoms with Crippen LogP contribution in [-0.4, -0.2) is 36.5 Å². The molecule has 1 aliphatic rings. The molecule has 2 N–H and O–H groups in total. The van der Waals surface area contributed by atoms with Gasteiger partial charge in [0.2, 0.25) is 6.23 Å². The van der Waals surface area contributed by atoms with Crippen molar-refractivity contribution < 1.29 is 18.7 Å². The van der Waals surface area contributed by atoms with Crippen molar-refractivity contribution >= 4 is 20.1 Å². The summed E-state index contributed by atoms with van der Waals surface area (Å²) in [6.07, 6.45) is 2.08. The highest BCUT2D eigenvalue weighted by molar-refractivity contribution is 6.74. The standard InChI is InChI=1S/C19H31N3O5Si/c1-12(2)17(23)25-11-13-10-14(27-28(6,7)19(3,4)5)16(26-13)22-9-8-15(20)21-18(22)24/h8-10,12,14,16H,11H2,1-7H3,(H2,20,21,24)/t14?,16-/m1/s1. The summed E-state index contributed by atoms with van der Waals surface area (Å²) in [6, 6.07) is 1.53. The van der Waals surface area contributed by atoms with E-state index in [-0.39, 0.29) is 29.4 Å².